The van der Waals surface area contributed by atoms with Crippen molar-refractivity contribution in [2.75, 3.05) is 39.5 Å². The minimum Gasteiger partial charge on any atom is -0.489 e. The van der Waals surface area contributed by atoms with E-state index in [1.807, 2.05) is 24.3 Å². The maximum atomic E-state index is 13.6. The lowest BCUT2D eigenvalue weighted by atomic mass is 10.1. The van der Waals surface area contributed by atoms with Gasteiger partial charge in [-0.05, 0) is 29.8 Å². The minimum absolute atomic E-state index is 0.168. The molecule has 2 aromatic heterocycles. The van der Waals surface area contributed by atoms with Gasteiger partial charge in [-0.3, -0.25) is 9.69 Å². The quantitative estimate of drug-likeness (QED) is 0.363. The van der Waals surface area contributed by atoms with Crippen LogP contribution in [0.2, 0.25) is 0 Å². The van der Waals surface area contributed by atoms with Crippen LogP contribution >= 0.6 is 0 Å². The highest BCUT2D eigenvalue weighted by Crippen LogP contribution is 2.20. The number of morpholine rings is 1. The minimum atomic E-state index is -0.712. The summed E-state index contributed by atoms with van der Waals surface area (Å²) in [6.07, 6.45) is 3.28. The van der Waals surface area contributed by atoms with Crippen LogP contribution in [0, 0.1) is 11.6 Å². The van der Waals surface area contributed by atoms with Gasteiger partial charge in [0.05, 0.1) is 37.8 Å². The molecule has 0 atom stereocenters. The van der Waals surface area contributed by atoms with Gasteiger partial charge >= 0.3 is 0 Å². The third kappa shape index (κ3) is 6.41. The fourth-order valence-electron chi connectivity index (χ4n) is 4.06. The molecule has 2 aromatic carbocycles. The fourth-order valence-corrected chi connectivity index (χ4v) is 4.06. The molecular formula is C27H25F2N5O3. The zero-order chi connectivity index (χ0) is 25.6. The van der Waals surface area contributed by atoms with Gasteiger partial charge in [0, 0.05) is 42.9 Å². The van der Waals surface area contributed by atoms with E-state index in [4.69, 9.17) is 9.47 Å². The van der Waals surface area contributed by atoms with Crippen molar-refractivity contribution in [3.8, 4) is 28.4 Å². The van der Waals surface area contributed by atoms with Crippen LogP contribution in [0.5, 0.6) is 5.75 Å². The topological polar surface area (TPSA) is 82.4 Å². The van der Waals surface area contributed by atoms with Crippen molar-refractivity contribution in [2.24, 2.45) is 0 Å². The van der Waals surface area contributed by atoms with E-state index in [0.717, 1.165) is 50.0 Å². The van der Waals surface area contributed by atoms with Crippen molar-refractivity contribution >= 4 is 0 Å². The molecule has 10 heteroatoms. The normalized spacial score (nSPS) is 14.0. The van der Waals surface area contributed by atoms with Gasteiger partial charge < -0.3 is 9.47 Å². The third-order valence-corrected chi connectivity index (χ3v) is 5.95. The lowest BCUT2D eigenvalue weighted by Gasteiger charge is -2.26. The Labute approximate surface area is 212 Å². The van der Waals surface area contributed by atoms with E-state index in [1.54, 1.807) is 12.4 Å². The molecule has 190 valence electrons. The Hall–Kier alpha value is -4.02. The fraction of sp³-hybridized carbons (Fsp3) is 0.259. The predicted molar refractivity (Wildman–Crippen MR) is 133 cm³/mol. The molecule has 3 heterocycles. The number of benzene rings is 2. The summed E-state index contributed by atoms with van der Waals surface area (Å²) in [7, 11) is 0. The van der Waals surface area contributed by atoms with Crippen LogP contribution in [0.15, 0.2) is 71.8 Å². The lowest BCUT2D eigenvalue weighted by molar-refractivity contribution is 0.0322. The highest BCUT2D eigenvalue weighted by Gasteiger charge is 2.11. The maximum Gasteiger partial charge on any atom is 0.267 e. The molecule has 1 aliphatic heterocycles. The van der Waals surface area contributed by atoms with Crippen LogP contribution in [0.1, 0.15) is 5.56 Å². The molecular weight excluding hydrogens is 480 g/mol. The van der Waals surface area contributed by atoms with Crippen LogP contribution in [0.4, 0.5) is 8.78 Å². The summed E-state index contributed by atoms with van der Waals surface area (Å²) in [5, 5.41) is 4.31. The van der Waals surface area contributed by atoms with Crippen LogP contribution in [-0.4, -0.2) is 64.1 Å². The Morgan fingerprint density at radius 3 is 2.43 bits per heavy atom. The Balaban J connectivity index is 1.27. The van der Waals surface area contributed by atoms with Crippen molar-refractivity contribution in [1.82, 2.24) is 24.6 Å². The zero-order valence-electron chi connectivity index (χ0n) is 20.0. The molecule has 1 fully saturated rings. The van der Waals surface area contributed by atoms with Crippen LogP contribution < -0.4 is 10.3 Å². The molecule has 5 rings (SSSR count). The first-order chi connectivity index (χ1) is 18.0. The molecule has 0 bridgehead atoms. The molecule has 0 aliphatic carbocycles. The van der Waals surface area contributed by atoms with Gasteiger partial charge in [-0.15, -0.1) is 0 Å². The van der Waals surface area contributed by atoms with Gasteiger partial charge in [-0.1, -0.05) is 18.2 Å². The second kappa shape index (κ2) is 11.4. The molecule has 8 nitrogen and oxygen atoms in total. The van der Waals surface area contributed by atoms with E-state index in [9.17, 15) is 13.6 Å². The van der Waals surface area contributed by atoms with E-state index in [0.29, 0.717) is 23.9 Å². The Kier molecular flexibility index (Phi) is 7.57. The average molecular weight is 506 g/mol. The van der Waals surface area contributed by atoms with Gasteiger partial charge in [-0.25, -0.2) is 23.4 Å². The number of ether oxygens (including phenoxy) is 2. The first-order valence-corrected chi connectivity index (χ1v) is 11.9. The van der Waals surface area contributed by atoms with Crippen molar-refractivity contribution in [1.29, 1.82) is 0 Å². The third-order valence-electron chi connectivity index (χ3n) is 5.95. The van der Waals surface area contributed by atoms with Gasteiger partial charge in [0.2, 0.25) is 0 Å². The van der Waals surface area contributed by atoms with Crippen LogP contribution in [0.25, 0.3) is 22.6 Å². The maximum absolute atomic E-state index is 13.6. The number of nitrogens with zero attached hydrogens (tertiary/aromatic N) is 5. The van der Waals surface area contributed by atoms with Crippen molar-refractivity contribution in [3.63, 3.8) is 0 Å². The second-order valence-corrected chi connectivity index (χ2v) is 8.62. The van der Waals surface area contributed by atoms with Crippen molar-refractivity contribution in [3.05, 3.63) is 94.5 Å². The predicted octanol–water partition coefficient (Wildman–Crippen LogP) is 3.40. The summed E-state index contributed by atoms with van der Waals surface area (Å²) in [5.41, 5.74) is 1.78. The summed E-state index contributed by atoms with van der Waals surface area (Å²) >= 11 is 0. The average Bonchev–Trinajstić information content (AvgIpc) is 2.91. The van der Waals surface area contributed by atoms with Crippen molar-refractivity contribution < 1.29 is 18.3 Å². The van der Waals surface area contributed by atoms with Gasteiger partial charge in [0.15, 0.2) is 11.6 Å². The number of hydrogen-bond acceptors (Lipinski definition) is 7. The first-order valence-electron chi connectivity index (χ1n) is 11.9. The highest BCUT2D eigenvalue weighted by atomic mass is 19.1. The summed E-state index contributed by atoms with van der Waals surface area (Å²) in [4.78, 5) is 23.6. The molecule has 4 aromatic rings. The molecule has 0 unspecified atom stereocenters. The number of halogens is 2. The number of aromatic nitrogens is 4. The smallest absolute Gasteiger partial charge is 0.267 e. The molecule has 1 saturated heterocycles. The van der Waals surface area contributed by atoms with Gasteiger partial charge in [-0.2, -0.15) is 5.10 Å². The van der Waals surface area contributed by atoms with E-state index in [2.05, 4.69) is 20.0 Å². The first kappa shape index (κ1) is 24.7. The molecule has 0 amide bonds. The van der Waals surface area contributed by atoms with Gasteiger partial charge in [0.25, 0.3) is 5.56 Å². The Bertz CT molecular complexity index is 1400. The van der Waals surface area contributed by atoms with E-state index < -0.39 is 11.6 Å². The highest BCUT2D eigenvalue weighted by molar-refractivity contribution is 5.58. The molecule has 37 heavy (non-hydrogen) atoms. The summed E-state index contributed by atoms with van der Waals surface area (Å²) < 4.78 is 39.7. The molecule has 0 saturated carbocycles. The zero-order valence-corrected chi connectivity index (χ0v) is 20.0. The van der Waals surface area contributed by atoms with Crippen LogP contribution in [-0.2, 0) is 11.3 Å². The summed E-state index contributed by atoms with van der Waals surface area (Å²) in [6.45, 7) is 4.84. The monoisotopic (exact) mass is 505 g/mol. The van der Waals surface area contributed by atoms with Gasteiger partial charge in [0.1, 0.15) is 18.2 Å². The van der Waals surface area contributed by atoms with Crippen LogP contribution in [0.3, 0.4) is 0 Å². The molecule has 1 aliphatic rings. The van der Waals surface area contributed by atoms with Crippen molar-refractivity contribution in [2.45, 2.75) is 6.54 Å². The number of hydrogen-bond donors (Lipinski definition) is 0. The summed E-state index contributed by atoms with van der Waals surface area (Å²) in [6, 6.07) is 13.4. The standard InChI is InChI=1S/C27H25F2N5O3/c28-22-13-21(14-23(29)15-22)25-4-5-26(35)34(32-25)18-19-2-1-3-20(12-19)27-30-16-24(17-31-27)37-11-8-33-6-9-36-10-7-33/h1-5,12-17H,6-11,18H2. The SMILES string of the molecule is O=c1ccc(-c2cc(F)cc(F)c2)nn1Cc1cccc(-c2ncc(OCCN3CCOCC3)cn2)c1. The lowest BCUT2D eigenvalue weighted by Crippen LogP contribution is -2.38. The van der Waals surface area contributed by atoms with E-state index in [1.165, 1.54) is 28.9 Å². The largest absolute Gasteiger partial charge is 0.489 e. The van der Waals surface area contributed by atoms with E-state index in [-0.39, 0.29) is 17.7 Å². The van der Waals surface area contributed by atoms with E-state index >= 15 is 0 Å². The summed E-state index contributed by atoms with van der Waals surface area (Å²) in [5.74, 6) is -0.312. The molecule has 0 spiro atoms. The molecule has 0 N–H and O–H groups in total. The second-order valence-electron chi connectivity index (χ2n) is 8.62. The number of rotatable bonds is 8. The Morgan fingerprint density at radius 1 is 0.919 bits per heavy atom. The Morgan fingerprint density at radius 2 is 1.68 bits per heavy atom. The molecule has 0 radical (unpaired) electrons.